The Morgan fingerprint density at radius 1 is 1.42 bits per heavy atom. The largest absolute Gasteiger partial charge is 0.481 e. The maximum atomic E-state index is 11.8. The number of amides is 1. The van der Waals surface area contributed by atoms with Gasteiger partial charge in [-0.25, -0.2) is 4.98 Å². The maximum Gasteiger partial charge on any atom is 0.303 e. The van der Waals surface area contributed by atoms with Crippen LogP contribution in [0.2, 0.25) is 0 Å². The van der Waals surface area contributed by atoms with Crippen molar-refractivity contribution in [3.8, 4) is 0 Å². The second kappa shape index (κ2) is 6.65. The topological polar surface area (TPSA) is 79.3 Å². The highest BCUT2D eigenvalue weighted by Gasteiger charge is 2.19. The molecule has 2 N–H and O–H groups in total. The monoisotopic (exact) mass is 284 g/mol. The number of aromatic nitrogens is 1. The Kier molecular flexibility index (Phi) is 5.47. The number of carboxylic acids is 1. The summed E-state index contributed by atoms with van der Waals surface area (Å²) in [5, 5.41) is 12.4. The molecule has 0 radical (unpaired) electrons. The highest BCUT2D eigenvalue weighted by atomic mass is 32.1. The van der Waals surface area contributed by atoms with E-state index in [9.17, 15) is 9.59 Å². The van der Waals surface area contributed by atoms with Gasteiger partial charge in [-0.05, 0) is 25.2 Å². The van der Waals surface area contributed by atoms with Gasteiger partial charge in [0.15, 0.2) is 0 Å². The first kappa shape index (κ1) is 15.6. The van der Waals surface area contributed by atoms with Gasteiger partial charge in [0, 0.05) is 13.0 Å². The van der Waals surface area contributed by atoms with Crippen molar-refractivity contribution in [3.63, 3.8) is 0 Å². The Hall–Kier alpha value is -1.43. The molecular formula is C13H20N2O3S. The van der Waals surface area contributed by atoms with Gasteiger partial charge in [-0.1, -0.05) is 13.8 Å². The van der Waals surface area contributed by atoms with Crippen molar-refractivity contribution >= 4 is 23.2 Å². The van der Waals surface area contributed by atoms with Gasteiger partial charge in [0.1, 0.15) is 4.88 Å². The van der Waals surface area contributed by atoms with E-state index in [-0.39, 0.29) is 17.7 Å². The third-order valence-corrected chi connectivity index (χ3v) is 3.86. The number of thiazole rings is 1. The molecular weight excluding hydrogens is 264 g/mol. The quantitative estimate of drug-likeness (QED) is 0.806. The average molecular weight is 284 g/mol. The smallest absolute Gasteiger partial charge is 0.303 e. The second-order valence-corrected chi connectivity index (χ2v) is 6.54. The number of nitrogens with one attached hydrogen (secondary N) is 1. The molecule has 0 aliphatic heterocycles. The number of carbonyl (C=O) groups is 2. The number of carboxylic acid groups (broad SMARTS) is 1. The van der Waals surface area contributed by atoms with Crippen LogP contribution < -0.4 is 5.32 Å². The van der Waals surface area contributed by atoms with Crippen molar-refractivity contribution in [1.29, 1.82) is 0 Å². The predicted molar refractivity (Wildman–Crippen MR) is 74.5 cm³/mol. The second-order valence-electron chi connectivity index (χ2n) is 5.31. The normalized spacial score (nSPS) is 11.3. The number of hydrogen-bond donors (Lipinski definition) is 2. The van der Waals surface area contributed by atoms with Crippen LogP contribution in [0.15, 0.2) is 6.20 Å². The fourth-order valence-electron chi connectivity index (χ4n) is 1.64. The molecule has 0 aliphatic rings. The molecule has 0 aliphatic carbocycles. The molecule has 0 saturated heterocycles. The lowest BCUT2D eigenvalue weighted by Crippen LogP contribution is -2.27. The van der Waals surface area contributed by atoms with Crippen LogP contribution in [0.5, 0.6) is 0 Å². The zero-order chi connectivity index (χ0) is 14.5. The van der Waals surface area contributed by atoms with E-state index in [0.29, 0.717) is 17.8 Å². The molecule has 1 amide bonds. The molecule has 0 fully saturated rings. The van der Waals surface area contributed by atoms with Crippen molar-refractivity contribution in [2.75, 3.05) is 6.54 Å². The summed E-state index contributed by atoms with van der Waals surface area (Å²) in [5.41, 5.74) is -0.0880. The minimum atomic E-state index is -0.780. The van der Waals surface area contributed by atoms with E-state index in [2.05, 4.69) is 10.3 Å². The molecule has 6 heteroatoms. The molecule has 0 atom stereocenters. The molecule has 0 aromatic carbocycles. The molecule has 19 heavy (non-hydrogen) atoms. The third kappa shape index (κ3) is 5.83. The molecule has 106 valence electrons. The maximum absolute atomic E-state index is 11.8. The lowest BCUT2D eigenvalue weighted by atomic mass is 9.84. The van der Waals surface area contributed by atoms with Crippen molar-refractivity contribution in [3.05, 3.63) is 16.1 Å². The Bertz CT molecular complexity index is 454. The zero-order valence-corrected chi connectivity index (χ0v) is 12.3. The first-order chi connectivity index (χ1) is 8.80. The fraction of sp³-hybridized carbons (Fsp3) is 0.615. The fourth-order valence-corrected chi connectivity index (χ4v) is 2.33. The van der Waals surface area contributed by atoms with Gasteiger partial charge in [-0.15, -0.1) is 11.3 Å². The third-order valence-electron chi connectivity index (χ3n) is 2.95. The first-order valence-corrected chi connectivity index (χ1v) is 7.04. The first-order valence-electron chi connectivity index (χ1n) is 6.22. The summed E-state index contributed by atoms with van der Waals surface area (Å²) >= 11 is 1.37. The molecule has 0 saturated carbocycles. The molecule has 1 aromatic rings. The number of aryl methyl sites for hydroxylation is 1. The van der Waals surface area contributed by atoms with Crippen LogP contribution >= 0.6 is 11.3 Å². The van der Waals surface area contributed by atoms with Crippen molar-refractivity contribution in [2.24, 2.45) is 5.41 Å². The van der Waals surface area contributed by atoms with Gasteiger partial charge >= 0.3 is 5.97 Å². The summed E-state index contributed by atoms with van der Waals surface area (Å²) in [6.07, 6.45) is 3.10. The molecule has 0 bridgehead atoms. The molecule has 1 rings (SSSR count). The van der Waals surface area contributed by atoms with E-state index in [1.165, 1.54) is 11.3 Å². The SMILES string of the molecule is Cc1ncc(C(=O)NCCC(C)(C)CCC(=O)O)s1. The van der Waals surface area contributed by atoms with E-state index in [1.54, 1.807) is 6.20 Å². The van der Waals surface area contributed by atoms with Crippen molar-refractivity contribution in [2.45, 2.75) is 40.0 Å². The van der Waals surface area contributed by atoms with E-state index in [4.69, 9.17) is 5.11 Å². The summed E-state index contributed by atoms with van der Waals surface area (Å²) in [6.45, 7) is 6.43. The molecule has 1 aromatic heterocycles. The zero-order valence-electron chi connectivity index (χ0n) is 11.5. The van der Waals surface area contributed by atoms with Crippen LogP contribution in [-0.4, -0.2) is 28.5 Å². The molecule has 1 heterocycles. The average Bonchev–Trinajstić information content (AvgIpc) is 2.73. The summed E-state index contributed by atoms with van der Waals surface area (Å²) in [6, 6.07) is 0. The van der Waals surface area contributed by atoms with Crippen LogP contribution in [0.4, 0.5) is 0 Å². The standard InChI is InChI=1S/C13H20N2O3S/c1-9-15-8-10(19-9)12(18)14-7-6-13(2,3)5-4-11(16)17/h8H,4-7H2,1-3H3,(H,14,18)(H,16,17). The van der Waals surface area contributed by atoms with Gasteiger partial charge in [-0.3, -0.25) is 9.59 Å². The summed E-state index contributed by atoms with van der Waals surface area (Å²) < 4.78 is 0. The number of aliphatic carboxylic acids is 1. The Morgan fingerprint density at radius 3 is 2.63 bits per heavy atom. The van der Waals surface area contributed by atoms with Crippen LogP contribution in [0.1, 0.15) is 47.8 Å². The number of nitrogens with zero attached hydrogens (tertiary/aromatic N) is 1. The van der Waals surface area contributed by atoms with E-state index in [0.717, 1.165) is 11.4 Å². The van der Waals surface area contributed by atoms with Gasteiger partial charge in [0.05, 0.1) is 11.2 Å². The van der Waals surface area contributed by atoms with E-state index < -0.39 is 5.97 Å². The molecule has 0 spiro atoms. The van der Waals surface area contributed by atoms with Gasteiger partial charge in [0.2, 0.25) is 0 Å². The molecule has 0 unspecified atom stereocenters. The van der Waals surface area contributed by atoms with Crippen LogP contribution in [-0.2, 0) is 4.79 Å². The van der Waals surface area contributed by atoms with Crippen LogP contribution in [0, 0.1) is 12.3 Å². The number of hydrogen-bond acceptors (Lipinski definition) is 4. The Labute approximate surface area is 117 Å². The van der Waals surface area contributed by atoms with Gasteiger partial charge < -0.3 is 10.4 Å². The highest BCUT2D eigenvalue weighted by Crippen LogP contribution is 2.26. The lowest BCUT2D eigenvalue weighted by Gasteiger charge is -2.23. The minimum absolute atomic E-state index is 0.0880. The predicted octanol–water partition coefficient (Wildman–Crippen LogP) is 2.46. The van der Waals surface area contributed by atoms with Crippen molar-refractivity contribution in [1.82, 2.24) is 10.3 Å². The van der Waals surface area contributed by atoms with Crippen LogP contribution in [0.3, 0.4) is 0 Å². The Morgan fingerprint density at radius 2 is 2.11 bits per heavy atom. The summed E-state index contributed by atoms with van der Waals surface area (Å²) in [7, 11) is 0. The summed E-state index contributed by atoms with van der Waals surface area (Å²) in [4.78, 5) is 27.0. The van der Waals surface area contributed by atoms with E-state index in [1.807, 2.05) is 20.8 Å². The van der Waals surface area contributed by atoms with Gasteiger partial charge in [-0.2, -0.15) is 0 Å². The number of carbonyl (C=O) groups excluding carboxylic acids is 1. The Balaban J connectivity index is 2.33. The number of rotatable bonds is 7. The van der Waals surface area contributed by atoms with E-state index >= 15 is 0 Å². The summed E-state index contributed by atoms with van der Waals surface area (Å²) in [5.74, 6) is -0.892. The van der Waals surface area contributed by atoms with Crippen LogP contribution in [0.25, 0.3) is 0 Å². The lowest BCUT2D eigenvalue weighted by molar-refractivity contribution is -0.137. The highest BCUT2D eigenvalue weighted by molar-refractivity contribution is 7.13. The van der Waals surface area contributed by atoms with Gasteiger partial charge in [0.25, 0.3) is 5.91 Å². The van der Waals surface area contributed by atoms with Crippen molar-refractivity contribution < 1.29 is 14.7 Å². The minimum Gasteiger partial charge on any atom is -0.481 e. The molecule has 5 nitrogen and oxygen atoms in total.